The molecule has 3 heteroatoms. The van der Waals surface area contributed by atoms with E-state index in [2.05, 4.69) is 0 Å². The van der Waals surface area contributed by atoms with Gasteiger partial charge in [0.25, 0.3) is 0 Å². The van der Waals surface area contributed by atoms with Crippen LogP contribution in [0.4, 0.5) is 8.22 Å². The smallest absolute Gasteiger partial charge is 0.268 e. The van der Waals surface area contributed by atoms with Crippen molar-refractivity contribution in [1.82, 2.24) is 0 Å². The van der Waals surface area contributed by atoms with Crippen LogP contribution < -0.4 is 0 Å². The third-order valence-corrected chi connectivity index (χ3v) is 2.77. The molecule has 0 fully saturated rings. The lowest BCUT2D eigenvalue weighted by Crippen LogP contribution is -2.17. The normalized spacial score (nSPS) is 12.8. The molecule has 0 aromatic carbocycles. The van der Waals surface area contributed by atoms with E-state index in [4.69, 9.17) is 0 Å². The van der Waals surface area contributed by atoms with E-state index in [1.54, 1.807) is 20.8 Å². The number of hydrogen-bond acceptors (Lipinski definition) is 0. The molecule has 0 nitrogen and oxygen atoms in total. The highest BCUT2D eigenvalue weighted by Crippen LogP contribution is 2.32. The Hall–Kier alpha value is 0.0769. The number of rotatable bonds is 2. The average molecular weight is 137 g/mol. The number of halogens is 2. The van der Waals surface area contributed by atoms with E-state index >= 15 is 0 Å². The highest BCUT2D eigenvalue weighted by molar-refractivity contribution is 6.46. The summed E-state index contributed by atoms with van der Waals surface area (Å²) in [4.78, 5) is 0. The van der Waals surface area contributed by atoms with Crippen LogP contribution in [0.3, 0.4) is 0 Å². The van der Waals surface area contributed by atoms with Crippen LogP contribution in [0.15, 0.2) is 0 Å². The first-order valence-electron chi connectivity index (χ1n) is 2.69. The van der Waals surface area contributed by atoms with Gasteiger partial charge in [0, 0.05) is 5.04 Å². The summed E-state index contributed by atoms with van der Waals surface area (Å²) < 4.78 is 23.8. The largest absolute Gasteiger partial charge is 0.482 e. The third kappa shape index (κ3) is 1.90. The molecule has 0 aliphatic rings. The molecule has 0 N–H and O–H groups in total. The van der Waals surface area contributed by atoms with Crippen molar-refractivity contribution in [2.45, 2.75) is 32.2 Å². The maximum Gasteiger partial charge on any atom is 0.482 e. The summed E-state index contributed by atoms with van der Waals surface area (Å²) in [5.41, 5.74) is 0. The highest BCUT2D eigenvalue weighted by atomic mass is 28.4. The van der Waals surface area contributed by atoms with Gasteiger partial charge in [-0.3, -0.25) is 8.22 Å². The first-order valence-corrected chi connectivity index (χ1v) is 3.94. The van der Waals surface area contributed by atoms with Crippen LogP contribution in [0.5, 0.6) is 0 Å². The molecule has 0 bridgehead atoms. The molecule has 0 rings (SSSR count). The lowest BCUT2D eigenvalue weighted by atomic mass is 10.1. The Morgan fingerprint density at radius 2 is 1.75 bits per heavy atom. The summed E-state index contributed by atoms with van der Waals surface area (Å²) in [5, 5.41) is -0.690. The lowest BCUT2D eigenvalue weighted by Gasteiger charge is -2.17. The topological polar surface area (TPSA) is 0 Å². The minimum absolute atomic E-state index is 0.578. The summed E-state index contributed by atoms with van der Waals surface area (Å²) in [7, 11) is -3.06. The molecular formula is C5H11F2Si. The fourth-order valence-electron chi connectivity index (χ4n) is 0.134. The maximum atomic E-state index is 11.9. The molecule has 0 aliphatic heterocycles. The van der Waals surface area contributed by atoms with Gasteiger partial charge in [-0.15, -0.1) is 0 Å². The summed E-state index contributed by atoms with van der Waals surface area (Å²) in [6.45, 7) is 5.02. The van der Waals surface area contributed by atoms with Crippen molar-refractivity contribution in [3.8, 4) is 0 Å². The van der Waals surface area contributed by atoms with E-state index in [0.29, 0.717) is 6.42 Å². The predicted molar refractivity (Wildman–Crippen MR) is 32.3 cm³/mol. The second-order valence-corrected chi connectivity index (χ2v) is 4.37. The van der Waals surface area contributed by atoms with Gasteiger partial charge in [0.2, 0.25) is 0 Å². The third-order valence-electron chi connectivity index (χ3n) is 1.40. The zero-order chi connectivity index (χ0) is 6.78. The monoisotopic (exact) mass is 137 g/mol. The van der Waals surface area contributed by atoms with Gasteiger partial charge in [0.05, 0.1) is 0 Å². The maximum absolute atomic E-state index is 11.9. The van der Waals surface area contributed by atoms with Crippen LogP contribution in [-0.4, -0.2) is 9.46 Å². The predicted octanol–water partition coefficient (Wildman–Crippen LogP) is 2.60. The van der Waals surface area contributed by atoms with Gasteiger partial charge in [-0.1, -0.05) is 20.8 Å². The van der Waals surface area contributed by atoms with Crippen molar-refractivity contribution in [2.24, 2.45) is 0 Å². The van der Waals surface area contributed by atoms with Crippen molar-refractivity contribution < 1.29 is 8.22 Å². The van der Waals surface area contributed by atoms with Gasteiger partial charge < -0.3 is 0 Å². The molecule has 0 saturated heterocycles. The van der Waals surface area contributed by atoms with E-state index in [-0.39, 0.29) is 0 Å². The van der Waals surface area contributed by atoms with Crippen LogP contribution >= 0.6 is 0 Å². The molecule has 0 atom stereocenters. The van der Waals surface area contributed by atoms with Gasteiger partial charge in [-0.05, 0) is 6.42 Å². The Morgan fingerprint density at radius 1 is 1.38 bits per heavy atom. The second-order valence-electron chi connectivity index (χ2n) is 2.50. The SMILES string of the molecule is CCC(C)(C)[Si](F)F. The van der Waals surface area contributed by atoms with Gasteiger partial charge in [0.15, 0.2) is 0 Å². The lowest BCUT2D eigenvalue weighted by molar-refractivity contribution is 0.506. The minimum Gasteiger partial charge on any atom is -0.268 e. The van der Waals surface area contributed by atoms with Crippen LogP contribution in [0.25, 0.3) is 0 Å². The molecule has 8 heavy (non-hydrogen) atoms. The summed E-state index contributed by atoms with van der Waals surface area (Å²) >= 11 is 0. The second kappa shape index (κ2) is 2.57. The minimum atomic E-state index is -3.06. The molecule has 0 amide bonds. The summed E-state index contributed by atoms with van der Waals surface area (Å²) in [6, 6.07) is 0. The van der Waals surface area contributed by atoms with Crippen molar-refractivity contribution in [2.75, 3.05) is 0 Å². The molecule has 0 aromatic heterocycles. The quantitative estimate of drug-likeness (QED) is 0.405. The van der Waals surface area contributed by atoms with Gasteiger partial charge >= 0.3 is 9.46 Å². The first-order chi connectivity index (χ1) is 3.50. The van der Waals surface area contributed by atoms with Crippen LogP contribution in [0, 0.1) is 0 Å². The van der Waals surface area contributed by atoms with E-state index in [1.165, 1.54) is 0 Å². The Morgan fingerprint density at radius 3 is 1.75 bits per heavy atom. The molecule has 1 radical (unpaired) electrons. The fraction of sp³-hybridized carbons (Fsp3) is 1.00. The van der Waals surface area contributed by atoms with Gasteiger partial charge in [-0.25, -0.2) is 0 Å². The zero-order valence-corrected chi connectivity index (χ0v) is 6.46. The van der Waals surface area contributed by atoms with Gasteiger partial charge in [0.1, 0.15) is 0 Å². The van der Waals surface area contributed by atoms with Crippen LogP contribution in [-0.2, 0) is 0 Å². The molecular weight excluding hydrogens is 126 g/mol. The standard InChI is InChI=1S/C5H11F2Si/c1-4-5(2,3)8(6)7/h4H2,1-3H3. The number of hydrogen-bond donors (Lipinski definition) is 0. The molecule has 0 aliphatic carbocycles. The molecule has 0 heterocycles. The van der Waals surface area contributed by atoms with Crippen molar-refractivity contribution in [1.29, 1.82) is 0 Å². The fourth-order valence-corrected chi connectivity index (χ4v) is 0.401. The first kappa shape index (κ1) is 8.08. The Kier molecular flexibility index (Phi) is 2.60. The van der Waals surface area contributed by atoms with E-state index in [9.17, 15) is 8.22 Å². The van der Waals surface area contributed by atoms with E-state index in [0.717, 1.165) is 0 Å². The summed E-state index contributed by atoms with van der Waals surface area (Å²) in [6.07, 6.45) is 0.578. The van der Waals surface area contributed by atoms with Crippen LogP contribution in [0.2, 0.25) is 5.04 Å². The molecule has 0 spiro atoms. The average Bonchev–Trinajstić information content (AvgIpc) is 1.67. The zero-order valence-electron chi connectivity index (χ0n) is 5.46. The molecule has 49 valence electrons. The van der Waals surface area contributed by atoms with Crippen molar-refractivity contribution >= 4 is 9.46 Å². The Balaban J connectivity index is 3.71. The summed E-state index contributed by atoms with van der Waals surface area (Å²) in [5.74, 6) is 0. The van der Waals surface area contributed by atoms with Crippen LogP contribution in [0.1, 0.15) is 27.2 Å². The van der Waals surface area contributed by atoms with Crippen molar-refractivity contribution in [3.63, 3.8) is 0 Å². The van der Waals surface area contributed by atoms with Crippen molar-refractivity contribution in [3.05, 3.63) is 0 Å². The Bertz CT molecular complexity index is 70.8. The molecule has 0 unspecified atom stereocenters. The van der Waals surface area contributed by atoms with E-state index in [1.807, 2.05) is 0 Å². The molecule has 0 saturated carbocycles. The highest BCUT2D eigenvalue weighted by Gasteiger charge is 2.32. The molecule has 0 aromatic rings. The Labute approximate surface area is 50.9 Å². The van der Waals surface area contributed by atoms with Gasteiger partial charge in [-0.2, -0.15) is 0 Å². The van der Waals surface area contributed by atoms with E-state index < -0.39 is 14.5 Å².